The Balaban J connectivity index is 3.21. The van der Waals surface area contributed by atoms with E-state index in [4.69, 9.17) is 9.47 Å². The molecule has 0 bridgehead atoms. The van der Waals surface area contributed by atoms with E-state index in [2.05, 4.69) is 6.92 Å². The Bertz CT molecular complexity index is 408. The van der Waals surface area contributed by atoms with Crippen molar-refractivity contribution in [3.05, 3.63) is 0 Å². The summed E-state index contributed by atoms with van der Waals surface area (Å²) in [6.45, 7) is 7.34. The van der Waals surface area contributed by atoms with Crippen LogP contribution in [0.3, 0.4) is 0 Å². The van der Waals surface area contributed by atoms with Gasteiger partial charge in [0.25, 0.3) is 0 Å². The second-order valence-corrected chi connectivity index (χ2v) is 9.24. The van der Waals surface area contributed by atoms with Crippen molar-refractivity contribution in [3.8, 4) is 0 Å². The molecule has 0 spiro atoms. The monoisotopic (exact) mass is 440 g/mol. The standard InChI is InChI=1S/C27H52O4/c1-4-22-30-26(28)21-19-17-15-13-11-9-7-6-8-10-12-14-16-18-20-25(3)24-27(29)31-23-5-2/h25H,4-24H2,1-3H3. The molecular formula is C27H52O4. The van der Waals surface area contributed by atoms with Gasteiger partial charge in [-0.1, -0.05) is 111 Å². The van der Waals surface area contributed by atoms with Crippen LogP contribution in [0, 0.1) is 5.92 Å². The van der Waals surface area contributed by atoms with Gasteiger partial charge in [0.05, 0.1) is 13.2 Å². The summed E-state index contributed by atoms with van der Waals surface area (Å²) in [7, 11) is 0. The SMILES string of the molecule is CCCOC(=O)CCCCCCCCCCCCCCCCC(C)CC(=O)OCCC. The van der Waals surface area contributed by atoms with Gasteiger partial charge in [-0.2, -0.15) is 0 Å². The van der Waals surface area contributed by atoms with Crippen LogP contribution in [0.2, 0.25) is 0 Å². The van der Waals surface area contributed by atoms with Gasteiger partial charge in [-0.25, -0.2) is 0 Å². The zero-order valence-corrected chi connectivity index (χ0v) is 21.1. The number of rotatable bonds is 23. The summed E-state index contributed by atoms with van der Waals surface area (Å²) in [6.07, 6.45) is 22.2. The van der Waals surface area contributed by atoms with E-state index in [1.165, 1.54) is 77.0 Å². The molecule has 4 nitrogen and oxygen atoms in total. The van der Waals surface area contributed by atoms with E-state index in [0.717, 1.165) is 32.1 Å². The molecule has 0 amide bonds. The molecular weight excluding hydrogens is 388 g/mol. The van der Waals surface area contributed by atoms with Gasteiger partial charge in [-0.15, -0.1) is 0 Å². The summed E-state index contributed by atoms with van der Waals surface area (Å²) in [5.74, 6) is 0.395. The molecule has 0 aromatic carbocycles. The van der Waals surface area contributed by atoms with Crippen molar-refractivity contribution in [1.82, 2.24) is 0 Å². The van der Waals surface area contributed by atoms with Gasteiger partial charge in [0.15, 0.2) is 0 Å². The molecule has 0 radical (unpaired) electrons. The Morgan fingerprint density at radius 3 is 1.42 bits per heavy atom. The summed E-state index contributed by atoms with van der Waals surface area (Å²) in [5.41, 5.74) is 0. The van der Waals surface area contributed by atoms with E-state index in [0.29, 0.717) is 32.0 Å². The smallest absolute Gasteiger partial charge is 0.306 e. The summed E-state index contributed by atoms with van der Waals surface area (Å²) < 4.78 is 10.2. The van der Waals surface area contributed by atoms with E-state index < -0.39 is 0 Å². The highest BCUT2D eigenvalue weighted by Gasteiger charge is 2.09. The molecule has 184 valence electrons. The minimum Gasteiger partial charge on any atom is -0.466 e. The number of esters is 2. The number of hydrogen-bond donors (Lipinski definition) is 0. The third-order valence-electron chi connectivity index (χ3n) is 5.78. The van der Waals surface area contributed by atoms with Gasteiger partial charge >= 0.3 is 11.9 Å². The molecule has 0 N–H and O–H groups in total. The fourth-order valence-electron chi connectivity index (χ4n) is 3.83. The molecule has 0 saturated heterocycles. The minimum absolute atomic E-state index is 0.0270. The summed E-state index contributed by atoms with van der Waals surface area (Å²) in [6, 6.07) is 0. The number of unbranched alkanes of at least 4 members (excludes halogenated alkanes) is 13. The molecule has 1 unspecified atom stereocenters. The normalized spacial score (nSPS) is 12.0. The van der Waals surface area contributed by atoms with Crippen molar-refractivity contribution in [2.75, 3.05) is 13.2 Å². The zero-order chi connectivity index (χ0) is 23.0. The van der Waals surface area contributed by atoms with Crippen molar-refractivity contribution in [1.29, 1.82) is 0 Å². The first-order valence-electron chi connectivity index (χ1n) is 13.4. The van der Waals surface area contributed by atoms with Crippen molar-refractivity contribution in [2.24, 2.45) is 5.92 Å². The Labute approximate surface area is 193 Å². The summed E-state index contributed by atoms with van der Waals surface area (Å²) in [5, 5.41) is 0. The second kappa shape index (κ2) is 23.6. The van der Waals surface area contributed by atoms with Gasteiger partial charge < -0.3 is 9.47 Å². The van der Waals surface area contributed by atoms with Crippen molar-refractivity contribution < 1.29 is 19.1 Å². The van der Waals surface area contributed by atoms with E-state index in [1.54, 1.807) is 0 Å². The van der Waals surface area contributed by atoms with Crippen molar-refractivity contribution >= 4 is 11.9 Å². The average molecular weight is 441 g/mol. The number of carbonyl (C=O) groups is 2. The molecule has 0 rings (SSSR count). The predicted octanol–water partition coefficient (Wildman–Crippen LogP) is 8.16. The quantitative estimate of drug-likeness (QED) is 0.119. The first-order valence-corrected chi connectivity index (χ1v) is 13.4. The lowest BCUT2D eigenvalue weighted by molar-refractivity contribution is -0.145. The number of ether oxygens (including phenoxy) is 2. The van der Waals surface area contributed by atoms with Gasteiger partial charge in [-0.3, -0.25) is 9.59 Å². The molecule has 0 aliphatic rings. The Kier molecular flexibility index (Phi) is 22.8. The van der Waals surface area contributed by atoms with E-state index in [-0.39, 0.29) is 11.9 Å². The van der Waals surface area contributed by atoms with Crippen molar-refractivity contribution in [3.63, 3.8) is 0 Å². The molecule has 0 heterocycles. The summed E-state index contributed by atoms with van der Waals surface area (Å²) >= 11 is 0. The van der Waals surface area contributed by atoms with Crippen LogP contribution in [-0.4, -0.2) is 25.2 Å². The Hall–Kier alpha value is -1.06. The highest BCUT2D eigenvalue weighted by molar-refractivity contribution is 5.69. The maximum atomic E-state index is 11.6. The zero-order valence-electron chi connectivity index (χ0n) is 21.1. The lowest BCUT2D eigenvalue weighted by Gasteiger charge is -2.10. The van der Waals surface area contributed by atoms with E-state index in [9.17, 15) is 9.59 Å². The van der Waals surface area contributed by atoms with Crippen LogP contribution in [0.25, 0.3) is 0 Å². The maximum absolute atomic E-state index is 11.6. The first-order chi connectivity index (χ1) is 15.1. The van der Waals surface area contributed by atoms with Crippen LogP contribution in [0.1, 0.15) is 143 Å². The molecule has 0 fully saturated rings. The van der Waals surface area contributed by atoms with Gasteiger partial charge in [0.2, 0.25) is 0 Å². The molecule has 0 aromatic heterocycles. The largest absolute Gasteiger partial charge is 0.466 e. The van der Waals surface area contributed by atoms with Crippen molar-refractivity contribution in [2.45, 2.75) is 143 Å². The van der Waals surface area contributed by atoms with Gasteiger partial charge in [0.1, 0.15) is 0 Å². The second-order valence-electron chi connectivity index (χ2n) is 9.24. The molecule has 1 atom stereocenters. The van der Waals surface area contributed by atoms with Crippen LogP contribution in [0.4, 0.5) is 0 Å². The van der Waals surface area contributed by atoms with E-state index >= 15 is 0 Å². The topological polar surface area (TPSA) is 52.6 Å². The maximum Gasteiger partial charge on any atom is 0.306 e. The highest BCUT2D eigenvalue weighted by atomic mass is 16.5. The van der Waals surface area contributed by atoms with E-state index in [1.807, 2.05) is 13.8 Å². The minimum atomic E-state index is -0.0289. The molecule has 0 saturated carbocycles. The molecule has 0 aromatic rings. The van der Waals surface area contributed by atoms with Gasteiger partial charge in [-0.05, 0) is 25.2 Å². The summed E-state index contributed by atoms with van der Waals surface area (Å²) in [4.78, 5) is 23.0. The lowest BCUT2D eigenvalue weighted by Crippen LogP contribution is -2.10. The number of carbonyl (C=O) groups excluding carboxylic acids is 2. The van der Waals surface area contributed by atoms with Crippen LogP contribution in [0.5, 0.6) is 0 Å². The predicted molar refractivity (Wildman–Crippen MR) is 130 cm³/mol. The van der Waals surface area contributed by atoms with Gasteiger partial charge in [0, 0.05) is 12.8 Å². The molecule has 0 aliphatic carbocycles. The fourth-order valence-corrected chi connectivity index (χ4v) is 3.83. The van der Waals surface area contributed by atoms with Crippen LogP contribution in [-0.2, 0) is 19.1 Å². The van der Waals surface area contributed by atoms with Crippen LogP contribution >= 0.6 is 0 Å². The fraction of sp³-hybridized carbons (Fsp3) is 0.926. The highest BCUT2D eigenvalue weighted by Crippen LogP contribution is 2.17. The lowest BCUT2D eigenvalue weighted by atomic mass is 9.98. The Morgan fingerprint density at radius 2 is 0.968 bits per heavy atom. The third-order valence-corrected chi connectivity index (χ3v) is 5.78. The Morgan fingerprint density at radius 1 is 0.581 bits per heavy atom. The average Bonchev–Trinajstić information content (AvgIpc) is 2.75. The van der Waals surface area contributed by atoms with Crippen LogP contribution < -0.4 is 0 Å². The number of hydrogen-bond acceptors (Lipinski definition) is 4. The molecule has 31 heavy (non-hydrogen) atoms. The third kappa shape index (κ3) is 23.4. The molecule has 4 heteroatoms. The van der Waals surface area contributed by atoms with Crippen LogP contribution in [0.15, 0.2) is 0 Å². The first kappa shape index (κ1) is 29.9. The molecule has 0 aliphatic heterocycles.